The quantitative estimate of drug-likeness (QED) is 0.706. The molecular weight excluding hydrogens is 191 g/mol. The van der Waals surface area contributed by atoms with E-state index >= 15 is 0 Å². The van der Waals surface area contributed by atoms with Crippen molar-refractivity contribution in [2.45, 2.75) is 0 Å². The van der Waals surface area contributed by atoms with Crippen molar-refractivity contribution < 1.29 is 19.0 Å². The number of aliphatic hydroxyl groups is 1. The van der Waals surface area contributed by atoms with Gasteiger partial charge in [0.25, 0.3) is 0 Å². The summed E-state index contributed by atoms with van der Waals surface area (Å²) >= 11 is 0. The van der Waals surface area contributed by atoms with E-state index in [2.05, 4.69) is 0 Å². The van der Waals surface area contributed by atoms with Crippen LogP contribution < -0.4 is 4.52 Å². The Morgan fingerprint density at radius 1 is 1.23 bits per heavy atom. The Morgan fingerprint density at radius 3 is 2.54 bits per heavy atom. The van der Waals surface area contributed by atoms with Crippen molar-refractivity contribution in [3.05, 3.63) is 30.3 Å². The maximum absolute atomic E-state index is 9.14. The van der Waals surface area contributed by atoms with Gasteiger partial charge in [-0.25, -0.2) is 0 Å². The van der Waals surface area contributed by atoms with Crippen LogP contribution in [0.5, 0.6) is 5.75 Å². The van der Waals surface area contributed by atoms with Gasteiger partial charge in [0.1, 0.15) is 5.75 Å². The van der Waals surface area contributed by atoms with Gasteiger partial charge < -0.3 is 19.0 Å². The molecule has 1 rings (SSSR count). The SMILES string of the molecule is OCCOP(O)Oc1ccccc1. The molecule has 13 heavy (non-hydrogen) atoms. The average molecular weight is 202 g/mol. The number of hydrogen-bond donors (Lipinski definition) is 2. The van der Waals surface area contributed by atoms with Gasteiger partial charge in [-0.3, -0.25) is 0 Å². The first-order valence-electron chi connectivity index (χ1n) is 3.78. The molecule has 0 fully saturated rings. The minimum atomic E-state index is -1.92. The second-order valence-electron chi connectivity index (χ2n) is 2.20. The summed E-state index contributed by atoms with van der Waals surface area (Å²) in [5, 5.41) is 8.40. The number of rotatable bonds is 5. The summed E-state index contributed by atoms with van der Waals surface area (Å²) in [6.07, 6.45) is 0. The maximum Gasteiger partial charge on any atom is 0.394 e. The first-order chi connectivity index (χ1) is 6.33. The number of para-hydroxylation sites is 1. The van der Waals surface area contributed by atoms with Crippen LogP contribution in [-0.4, -0.2) is 23.2 Å². The van der Waals surface area contributed by atoms with Gasteiger partial charge in [0.2, 0.25) is 0 Å². The third-order valence-corrected chi connectivity index (χ3v) is 1.99. The van der Waals surface area contributed by atoms with E-state index in [9.17, 15) is 0 Å². The fourth-order valence-corrected chi connectivity index (χ4v) is 1.31. The van der Waals surface area contributed by atoms with Gasteiger partial charge >= 0.3 is 8.60 Å². The van der Waals surface area contributed by atoms with Gasteiger partial charge in [0, 0.05) is 0 Å². The second-order valence-corrected chi connectivity index (χ2v) is 3.12. The molecule has 0 bridgehead atoms. The lowest BCUT2D eigenvalue weighted by Gasteiger charge is -2.09. The van der Waals surface area contributed by atoms with E-state index in [1.807, 2.05) is 6.07 Å². The summed E-state index contributed by atoms with van der Waals surface area (Å²) < 4.78 is 9.75. The second kappa shape index (κ2) is 5.89. The summed E-state index contributed by atoms with van der Waals surface area (Å²) in [4.78, 5) is 9.14. The zero-order chi connectivity index (χ0) is 9.52. The average Bonchev–Trinajstić information content (AvgIpc) is 2.16. The monoisotopic (exact) mass is 202 g/mol. The van der Waals surface area contributed by atoms with Crippen LogP contribution in [0.1, 0.15) is 0 Å². The highest BCUT2D eigenvalue weighted by molar-refractivity contribution is 7.41. The number of aliphatic hydroxyl groups excluding tert-OH is 1. The lowest BCUT2D eigenvalue weighted by Crippen LogP contribution is -1.97. The fraction of sp³-hybridized carbons (Fsp3) is 0.250. The number of benzene rings is 1. The molecule has 0 aliphatic carbocycles. The zero-order valence-corrected chi connectivity index (χ0v) is 7.85. The van der Waals surface area contributed by atoms with Crippen LogP contribution in [0.3, 0.4) is 0 Å². The highest BCUT2D eigenvalue weighted by Crippen LogP contribution is 2.34. The van der Waals surface area contributed by atoms with E-state index < -0.39 is 8.60 Å². The Hall–Kier alpha value is -0.670. The molecule has 1 aromatic carbocycles. The zero-order valence-electron chi connectivity index (χ0n) is 6.96. The largest absolute Gasteiger partial charge is 0.427 e. The van der Waals surface area contributed by atoms with E-state index in [1.54, 1.807) is 24.3 Å². The van der Waals surface area contributed by atoms with E-state index in [1.165, 1.54) is 0 Å². The van der Waals surface area contributed by atoms with Crippen molar-refractivity contribution in [1.29, 1.82) is 0 Å². The molecule has 4 nitrogen and oxygen atoms in total. The molecule has 1 unspecified atom stereocenters. The van der Waals surface area contributed by atoms with Crippen LogP contribution in [0.2, 0.25) is 0 Å². The van der Waals surface area contributed by atoms with Crippen molar-refractivity contribution in [2.24, 2.45) is 0 Å². The molecule has 0 radical (unpaired) electrons. The predicted octanol–water partition coefficient (Wildman–Crippen LogP) is 1.29. The summed E-state index contributed by atoms with van der Waals surface area (Å²) in [5.41, 5.74) is 0. The maximum atomic E-state index is 9.14. The molecule has 0 saturated heterocycles. The molecule has 0 saturated carbocycles. The molecule has 0 aliphatic heterocycles. The van der Waals surface area contributed by atoms with Crippen molar-refractivity contribution in [2.75, 3.05) is 13.2 Å². The van der Waals surface area contributed by atoms with Gasteiger partial charge in [0.05, 0.1) is 13.2 Å². The van der Waals surface area contributed by atoms with E-state index in [0.717, 1.165) is 0 Å². The summed E-state index contributed by atoms with van der Waals surface area (Å²) in [5.74, 6) is 0.550. The number of hydrogen-bond acceptors (Lipinski definition) is 4. The van der Waals surface area contributed by atoms with Crippen LogP contribution in [-0.2, 0) is 4.52 Å². The molecule has 1 aromatic rings. The summed E-state index contributed by atoms with van der Waals surface area (Å²) in [6.45, 7) is -0.0490. The predicted molar refractivity (Wildman–Crippen MR) is 49.2 cm³/mol. The summed E-state index contributed by atoms with van der Waals surface area (Å²) in [6, 6.07) is 8.87. The molecule has 0 amide bonds. The van der Waals surface area contributed by atoms with Crippen LogP contribution in [0.4, 0.5) is 0 Å². The van der Waals surface area contributed by atoms with Gasteiger partial charge in [-0.05, 0) is 12.1 Å². The topological polar surface area (TPSA) is 58.9 Å². The standard InChI is InChI=1S/C8H11O4P/c9-6-7-11-13(10)12-8-4-2-1-3-5-8/h1-5,9-10H,6-7H2. The first kappa shape index (κ1) is 10.4. The van der Waals surface area contributed by atoms with Crippen molar-refractivity contribution in [1.82, 2.24) is 0 Å². The third kappa shape index (κ3) is 4.20. The lowest BCUT2D eigenvalue weighted by molar-refractivity contribution is 0.184. The molecule has 0 heterocycles. The van der Waals surface area contributed by atoms with Gasteiger partial charge in [-0.15, -0.1) is 0 Å². The van der Waals surface area contributed by atoms with E-state index in [-0.39, 0.29) is 13.2 Å². The highest BCUT2D eigenvalue weighted by Gasteiger charge is 2.07. The summed E-state index contributed by atoms with van der Waals surface area (Å²) in [7, 11) is -1.92. The molecular formula is C8H11O4P. The Kier molecular flexibility index (Phi) is 4.72. The lowest BCUT2D eigenvalue weighted by atomic mass is 10.3. The van der Waals surface area contributed by atoms with Crippen molar-refractivity contribution in [3.8, 4) is 5.75 Å². The minimum Gasteiger partial charge on any atom is -0.427 e. The Labute approximate surface area is 77.7 Å². The molecule has 2 N–H and O–H groups in total. The molecule has 5 heteroatoms. The highest BCUT2D eigenvalue weighted by atomic mass is 31.2. The normalized spacial score (nSPS) is 12.5. The van der Waals surface area contributed by atoms with Crippen molar-refractivity contribution in [3.63, 3.8) is 0 Å². The van der Waals surface area contributed by atoms with Crippen LogP contribution in [0.25, 0.3) is 0 Å². The molecule has 0 aromatic heterocycles. The molecule has 72 valence electrons. The Bertz CT molecular complexity index is 229. The first-order valence-corrected chi connectivity index (χ1v) is 4.92. The van der Waals surface area contributed by atoms with Crippen LogP contribution >= 0.6 is 8.60 Å². The van der Waals surface area contributed by atoms with Crippen LogP contribution in [0.15, 0.2) is 30.3 Å². The van der Waals surface area contributed by atoms with Gasteiger partial charge in [-0.1, -0.05) is 18.2 Å². The Morgan fingerprint density at radius 2 is 1.92 bits per heavy atom. The van der Waals surface area contributed by atoms with E-state index in [4.69, 9.17) is 19.0 Å². The molecule has 0 aliphatic rings. The van der Waals surface area contributed by atoms with Gasteiger partial charge in [-0.2, -0.15) is 0 Å². The van der Waals surface area contributed by atoms with E-state index in [0.29, 0.717) is 5.75 Å². The molecule has 1 atom stereocenters. The van der Waals surface area contributed by atoms with Gasteiger partial charge in [0.15, 0.2) is 0 Å². The van der Waals surface area contributed by atoms with Crippen LogP contribution in [0, 0.1) is 0 Å². The minimum absolute atomic E-state index is 0.0784. The van der Waals surface area contributed by atoms with Crippen molar-refractivity contribution >= 4 is 8.60 Å². The smallest absolute Gasteiger partial charge is 0.394 e. The fourth-order valence-electron chi connectivity index (χ4n) is 0.717. The third-order valence-electron chi connectivity index (χ3n) is 1.22. The molecule has 0 spiro atoms. The Balaban J connectivity index is 2.32.